The molecule has 0 saturated carbocycles. The Balaban J connectivity index is 1.92. The molecule has 2 N–H and O–H groups in total. The van der Waals surface area contributed by atoms with E-state index in [0.717, 1.165) is 18.5 Å². The van der Waals surface area contributed by atoms with Gasteiger partial charge in [0, 0.05) is 24.0 Å². The zero-order valence-electron chi connectivity index (χ0n) is 12.3. The fourth-order valence-electron chi connectivity index (χ4n) is 2.11. The molecule has 1 aliphatic rings. The lowest BCUT2D eigenvalue weighted by atomic mass is 10.0. The molecule has 2 rings (SSSR count). The Kier molecular flexibility index (Phi) is 4.54. The predicted molar refractivity (Wildman–Crippen MR) is 76.5 cm³/mol. The molecule has 1 atom stereocenters. The maximum absolute atomic E-state index is 11.6. The van der Waals surface area contributed by atoms with Crippen LogP contribution in [0.4, 0.5) is 10.7 Å². The van der Waals surface area contributed by atoms with Crippen LogP contribution < -0.4 is 10.6 Å². The van der Waals surface area contributed by atoms with Crippen LogP contribution in [0, 0.1) is 0 Å². The van der Waals surface area contributed by atoms with Crippen LogP contribution in [-0.4, -0.2) is 28.2 Å². The highest BCUT2D eigenvalue weighted by Crippen LogP contribution is 2.21. The molecule has 1 amide bonds. The number of hydrogen-bond acceptors (Lipinski definition) is 5. The summed E-state index contributed by atoms with van der Waals surface area (Å²) < 4.78 is 5.15. The molecule has 6 nitrogen and oxygen atoms in total. The van der Waals surface area contributed by atoms with E-state index in [9.17, 15) is 4.79 Å². The van der Waals surface area contributed by atoms with E-state index in [0.29, 0.717) is 6.04 Å². The molecule has 1 unspecified atom stereocenters. The molecular formula is C14H22N4O2. The summed E-state index contributed by atoms with van der Waals surface area (Å²) in [5.74, 6) is 0.263. The minimum absolute atomic E-state index is 0.263. The van der Waals surface area contributed by atoms with Crippen molar-refractivity contribution in [1.82, 2.24) is 15.3 Å². The fraction of sp³-hybridized carbons (Fsp3) is 0.643. The standard InChI is InChI=1S/C14H22N4O2/c1-14(2,3)20-13(19)18-12-16-8-10(9-17-12)11-6-4-5-7-15-11/h8-9,11,15H,4-7H2,1-3H3,(H,16,17,18,19). The number of amides is 1. The first-order valence-electron chi connectivity index (χ1n) is 6.99. The summed E-state index contributed by atoms with van der Waals surface area (Å²) in [4.78, 5) is 19.9. The second kappa shape index (κ2) is 6.17. The second-order valence-electron chi connectivity index (χ2n) is 5.97. The van der Waals surface area contributed by atoms with Crippen molar-refractivity contribution in [2.75, 3.05) is 11.9 Å². The summed E-state index contributed by atoms with van der Waals surface area (Å²) in [5, 5.41) is 5.96. The second-order valence-corrected chi connectivity index (χ2v) is 5.97. The summed E-state index contributed by atoms with van der Waals surface area (Å²) in [6.07, 6.45) is 6.50. The average Bonchev–Trinajstić information content (AvgIpc) is 2.38. The molecule has 1 aromatic heterocycles. The SMILES string of the molecule is CC(C)(C)OC(=O)Nc1ncc(C2CCCCN2)cn1. The number of carbonyl (C=O) groups excluding carboxylic acids is 1. The van der Waals surface area contributed by atoms with Gasteiger partial charge < -0.3 is 10.1 Å². The van der Waals surface area contributed by atoms with Gasteiger partial charge in [0.25, 0.3) is 0 Å². The Morgan fingerprint density at radius 3 is 2.60 bits per heavy atom. The number of carbonyl (C=O) groups is 1. The Labute approximate surface area is 119 Å². The Morgan fingerprint density at radius 2 is 2.05 bits per heavy atom. The molecule has 1 aliphatic heterocycles. The monoisotopic (exact) mass is 278 g/mol. The van der Waals surface area contributed by atoms with Crippen molar-refractivity contribution in [2.45, 2.75) is 51.7 Å². The lowest BCUT2D eigenvalue weighted by molar-refractivity contribution is 0.0634. The Bertz CT molecular complexity index is 447. The molecule has 1 aromatic rings. The van der Waals surface area contributed by atoms with Crippen LogP contribution in [0.25, 0.3) is 0 Å². The van der Waals surface area contributed by atoms with Gasteiger partial charge in [-0.15, -0.1) is 0 Å². The van der Waals surface area contributed by atoms with E-state index in [1.807, 2.05) is 20.8 Å². The minimum Gasteiger partial charge on any atom is -0.444 e. The number of ether oxygens (including phenoxy) is 1. The third-order valence-electron chi connectivity index (χ3n) is 3.00. The molecule has 2 heterocycles. The van der Waals surface area contributed by atoms with Crippen LogP contribution in [-0.2, 0) is 4.74 Å². The van der Waals surface area contributed by atoms with Crippen LogP contribution in [0.3, 0.4) is 0 Å². The lowest BCUT2D eigenvalue weighted by Crippen LogP contribution is -2.28. The van der Waals surface area contributed by atoms with E-state index in [2.05, 4.69) is 20.6 Å². The fourth-order valence-corrected chi connectivity index (χ4v) is 2.11. The molecule has 0 bridgehead atoms. The predicted octanol–water partition coefficient (Wildman–Crippen LogP) is 2.64. The maximum Gasteiger partial charge on any atom is 0.414 e. The van der Waals surface area contributed by atoms with Crippen molar-refractivity contribution in [3.05, 3.63) is 18.0 Å². The number of hydrogen-bond donors (Lipinski definition) is 2. The van der Waals surface area contributed by atoms with E-state index in [1.54, 1.807) is 12.4 Å². The Hall–Kier alpha value is -1.69. The van der Waals surface area contributed by atoms with Crippen molar-refractivity contribution >= 4 is 12.0 Å². The minimum atomic E-state index is -0.541. The van der Waals surface area contributed by atoms with Crippen molar-refractivity contribution in [3.63, 3.8) is 0 Å². The van der Waals surface area contributed by atoms with Gasteiger partial charge in [-0.3, -0.25) is 5.32 Å². The number of anilines is 1. The molecular weight excluding hydrogens is 256 g/mol. The summed E-state index contributed by atoms with van der Waals surface area (Å²) in [6, 6.07) is 0.319. The number of piperidine rings is 1. The van der Waals surface area contributed by atoms with Gasteiger partial charge in [-0.25, -0.2) is 14.8 Å². The molecule has 0 radical (unpaired) electrons. The quantitative estimate of drug-likeness (QED) is 0.869. The first-order valence-corrected chi connectivity index (χ1v) is 6.99. The maximum atomic E-state index is 11.6. The zero-order chi connectivity index (χ0) is 14.6. The van der Waals surface area contributed by atoms with E-state index in [-0.39, 0.29) is 5.95 Å². The van der Waals surface area contributed by atoms with Crippen molar-refractivity contribution in [1.29, 1.82) is 0 Å². The summed E-state index contributed by atoms with van der Waals surface area (Å²) >= 11 is 0. The normalized spacial score (nSPS) is 19.4. The molecule has 1 saturated heterocycles. The van der Waals surface area contributed by atoms with Crippen molar-refractivity contribution in [2.24, 2.45) is 0 Å². The largest absolute Gasteiger partial charge is 0.444 e. The molecule has 110 valence electrons. The summed E-state index contributed by atoms with van der Waals surface area (Å²) in [5.41, 5.74) is 0.523. The van der Waals surface area contributed by atoms with Gasteiger partial charge >= 0.3 is 6.09 Å². The molecule has 0 aliphatic carbocycles. The van der Waals surface area contributed by atoms with E-state index in [1.165, 1.54) is 12.8 Å². The number of nitrogens with zero attached hydrogens (tertiary/aromatic N) is 2. The van der Waals surface area contributed by atoms with Gasteiger partial charge in [-0.2, -0.15) is 0 Å². The highest BCUT2D eigenvalue weighted by Gasteiger charge is 2.18. The van der Waals surface area contributed by atoms with E-state index < -0.39 is 11.7 Å². The first kappa shape index (κ1) is 14.7. The van der Waals surface area contributed by atoms with Gasteiger partial charge in [0.15, 0.2) is 0 Å². The molecule has 0 aromatic carbocycles. The third kappa shape index (κ3) is 4.45. The van der Waals surface area contributed by atoms with Gasteiger partial charge in [-0.05, 0) is 40.2 Å². The van der Waals surface area contributed by atoms with Crippen LogP contribution in [0.5, 0.6) is 0 Å². The number of aromatic nitrogens is 2. The number of nitrogens with one attached hydrogen (secondary N) is 2. The van der Waals surface area contributed by atoms with Gasteiger partial charge in [0.1, 0.15) is 5.60 Å². The van der Waals surface area contributed by atoms with Gasteiger partial charge in [0.05, 0.1) is 0 Å². The summed E-state index contributed by atoms with van der Waals surface area (Å²) in [7, 11) is 0. The van der Waals surface area contributed by atoms with Crippen molar-refractivity contribution < 1.29 is 9.53 Å². The lowest BCUT2D eigenvalue weighted by Gasteiger charge is -2.23. The average molecular weight is 278 g/mol. The highest BCUT2D eigenvalue weighted by molar-refractivity contribution is 5.82. The van der Waals surface area contributed by atoms with Crippen LogP contribution in [0.1, 0.15) is 51.6 Å². The van der Waals surface area contributed by atoms with Crippen LogP contribution in [0.15, 0.2) is 12.4 Å². The van der Waals surface area contributed by atoms with Crippen LogP contribution in [0.2, 0.25) is 0 Å². The van der Waals surface area contributed by atoms with E-state index in [4.69, 9.17) is 4.74 Å². The highest BCUT2D eigenvalue weighted by atomic mass is 16.6. The molecule has 20 heavy (non-hydrogen) atoms. The topological polar surface area (TPSA) is 76.1 Å². The van der Waals surface area contributed by atoms with Gasteiger partial charge in [-0.1, -0.05) is 6.42 Å². The van der Waals surface area contributed by atoms with Crippen LogP contribution >= 0.6 is 0 Å². The van der Waals surface area contributed by atoms with Gasteiger partial charge in [0.2, 0.25) is 5.95 Å². The van der Waals surface area contributed by atoms with Crippen molar-refractivity contribution in [3.8, 4) is 0 Å². The zero-order valence-corrected chi connectivity index (χ0v) is 12.3. The molecule has 0 spiro atoms. The van der Waals surface area contributed by atoms with E-state index >= 15 is 0 Å². The molecule has 6 heteroatoms. The molecule has 1 fully saturated rings. The smallest absolute Gasteiger partial charge is 0.414 e. The Morgan fingerprint density at radius 1 is 1.35 bits per heavy atom. The summed E-state index contributed by atoms with van der Waals surface area (Å²) in [6.45, 7) is 6.46. The first-order chi connectivity index (χ1) is 9.44. The third-order valence-corrected chi connectivity index (χ3v) is 3.00. The number of rotatable bonds is 2.